The molecular formula is C13H14F3NO4S. The number of anilines is 1. The van der Waals surface area contributed by atoms with Crippen molar-refractivity contribution in [1.29, 1.82) is 0 Å². The van der Waals surface area contributed by atoms with Crippen LogP contribution in [0, 0.1) is 0 Å². The van der Waals surface area contributed by atoms with E-state index < -0.39 is 26.0 Å². The van der Waals surface area contributed by atoms with E-state index in [9.17, 15) is 21.6 Å². The Morgan fingerprint density at radius 2 is 1.77 bits per heavy atom. The van der Waals surface area contributed by atoms with Gasteiger partial charge in [-0.2, -0.15) is 13.2 Å². The Balaban J connectivity index is 1.97. The first-order chi connectivity index (χ1) is 10.3. The first-order valence-electron chi connectivity index (χ1n) is 6.68. The van der Waals surface area contributed by atoms with Gasteiger partial charge in [0.05, 0.1) is 30.3 Å². The van der Waals surface area contributed by atoms with Gasteiger partial charge in [0.15, 0.2) is 5.79 Å². The highest BCUT2D eigenvalue weighted by atomic mass is 32.2. The minimum absolute atomic E-state index is 0.0239. The maximum atomic E-state index is 12.8. The number of alkyl halides is 3. The monoisotopic (exact) mass is 337 g/mol. The Labute approximate surface area is 125 Å². The van der Waals surface area contributed by atoms with E-state index in [4.69, 9.17) is 9.47 Å². The summed E-state index contributed by atoms with van der Waals surface area (Å²) in [5.74, 6) is -0.838. The van der Waals surface area contributed by atoms with Gasteiger partial charge in [0.25, 0.3) is 9.84 Å². The molecule has 0 N–H and O–H groups in total. The smallest absolute Gasteiger partial charge is 0.365 e. The van der Waals surface area contributed by atoms with Gasteiger partial charge in [0, 0.05) is 13.0 Å². The number of halogens is 3. The molecule has 2 aliphatic heterocycles. The van der Waals surface area contributed by atoms with Crippen LogP contribution in [-0.4, -0.2) is 46.0 Å². The van der Waals surface area contributed by atoms with E-state index >= 15 is 0 Å². The van der Waals surface area contributed by atoms with E-state index in [1.54, 1.807) is 4.90 Å². The maximum Gasteiger partial charge on any atom is 0.501 e. The molecular weight excluding hydrogens is 323 g/mol. The lowest BCUT2D eigenvalue weighted by atomic mass is 10.2. The third-order valence-electron chi connectivity index (χ3n) is 3.81. The van der Waals surface area contributed by atoms with E-state index in [0.29, 0.717) is 26.2 Å². The molecule has 2 saturated heterocycles. The fourth-order valence-electron chi connectivity index (χ4n) is 2.76. The van der Waals surface area contributed by atoms with Gasteiger partial charge >= 0.3 is 5.51 Å². The third kappa shape index (κ3) is 2.46. The fourth-order valence-corrected chi connectivity index (χ4v) is 3.74. The number of hydrogen-bond acceptors (Lipinski definition) is 5. The SMILES string of the molecule is O=S(=O)(c1ccccc1N1CCC2(C1)OCCO2)C(F)(F)F. The topological polar surface area (TPSA) is 55.8 Å². The van der Waals surface area contributed by atoms with Gasteiger partial charge in [-0.15, -0.1) is 0 Å². The summed E-state index contributed by atoms with van der Waals surface area (Å²) in [7, 11) is -5.40. The fraction of sp³-hybridized carbons (Fsp3) is 0.538. The van der Waals surface area contributed by atoms with Crippen LogP contribution in [0.5, 0.6) is 0 Å². The van der Waals surface area contributed by atoms with Gasteiger partial charge in [-0.3, -0.25) is 0 Å². The average Bonchev–Trinajstić information content (AvgIpc) is 3.08. The van der Waals surface area contributed by atoms with Crippen molar-refractivity contribution in [3.05, 3.63) is 24.3 Å². The Kier molecular flexibility index (Phi) is 3.61. The van der Waals surface area contributed by atoms with E-state index in [0.717, 1.165) is 6.07 Å². The molecule has 2 fully saturated rings. The summed E-state index contributed by atoms with van der Waals surface area (Å²) >= 11 is 0. The molecule has 1 spiro atoms. The number of sulfone groups is 1. The Hall–Kier alpha value is -1.32. The zero-order chi connectivity index (χ0) is 16.0. The summed E-state index contributed by atoms with van der Waals surface area (Å²) in [5, 5.41) is 0. The molecule has 5 nitrogen and oxygen atoms in total. The molecule has 0 aliphatic carbocycles. The number of benzene rings is 1. The van der Waals surface area contributed by atoms with Gasteiger partial charge in [0.1, 0.15) is 0 Å². The molecule has 0 amide bonds. The summed E-state index contributed by atoms with van der Waals surface area (Å²) in [5.41, 5.74) is -5.31. The van der Waals surface area contributed by atoms with Crippen LogP contribution in [-0.2, 0) is 19.3 Å². The summed E-state index contributed by atoms with van der Waals surface area (Å²) in [6.07, 6.45) is 0.480. The van der Waals surface area contributed by atoms with Crippen molar-refractivity contribution in [3.63, 3.8) is 0 Å². The van der Waals surface area contributed by atoms with Crippen molar-refractivity contribution in [2.75, 3.05) is 31.2 Å². The van der Waals surface area contributed by atoms with Crippen molar-refractivity contribution < 1.29 is 31.1 Å². The number of ether oxygens (including phenoxy) is 2. The molecule has 22 heavy (non-hydrogen) atoms. The molecule has 0 bridgehead atoms. The zero-order valence-corrected chi connectivity index (χ0v) is 12.3. The standard InChI is InChI=1S/C13H14F3NO4S/c14-13(15,16)22(18,19)11-4-2-1-3-10(11)17-6-5-12(9-17)20-7-8-21-12/h1-4H,5-9H2. The van der Waals surface area contributed by atoms with Crippen molar-refractivity contribution in [2.45, 2.75) is 22.6 Å². The van der Waals surface area contributed by atoms with Gasteiger partial charge < -0.3 is 14.4 Å². The lowest BCUT2D eigenvalue weighted by Crippen LogP contribution is -2.35. The van der Waals surface area contributed by atoms with E-state index in [1.165, 1.54) is 18.2 Å². The molecule has 0 unspecified atom stereocenters. The lowest BCUT2D eigenvalue weighted by molar-refractivity contribution is -0.137. The van der Waals surface area contributed by atoms with Gasteiger partial charge in [-0.05, 0) is 12.1 Å². The van der Waals surface area contributed by atoms with Crippen molar-refractivity contribution >= 4 is 15.5 Å². The summed E-state index contributed by atoms with van der Waals surface area (Å²) in [4.78, 5) is 0.821. The zero-order valence-electron chi connectivity index (χ0n) is 11.5. The summed E-state index contributed by atoms with van der Waals surface area (Å²) in [6, 6.07) is 5.12. The molecule has 0 aromatic heterocycles. The molecule has 0 atom stereocenters. The van der Waals surface area contributed by atoms with Crippen LogP contribution >= 0.6 is 0 Å². The van der Waals surface area contributed by atoms with Crippen molar-refractivity contribution in [2.24, 2.45) is 0 Å². The molecule has 2 aliphatic rings. The van der Waals surface area contributed by atoms with E-state index in [1.807, 2.05) is 0 Å². The quantitative estimate of drug-likeness (QED) is 0.825. The van der Waals surface area contributed by atoms with E-state index in [-0.39, 0.29) is 12.2 Å². The highest BCUT2D eigenvalue weighted by molar-refractivity contribution is 7.92. The number of nitrogens with zero attached hydrogens (tertiary/aromatic N) is 1. The van der Waals surface area contributed by atoms with Crippen molar-refractivity contribution in [3.8, 4) is 0 Å². The Morgan fingerprint density at radius 1 is 1.14 bits per heavy atom. The number of hydrogen-bond donors (Lipinski definition) is 0. The first-order valence-corrected chi connectivity index (χ1v) is 8.17. The van der Waals surface area contributed by atoms with E-state index in [2.05, 4.69) is 0 Å². The maximum absolute atomic E-state index is 12.8. The average molecular weight is 337 g/mol. The molecule has 3 rings (SSSR count). The minimum Gasteiger partial charge on any atom is -0.365 e. The largest absolute Gasteiger partial charge is 0.501 e. The van der Waals surface area contributed by atoms with Crippen molar-refractivity contribution in [1.82, 2.24) is 0 Å². The van der Waals surface area contributed by atoms with Gasteiger partial charge in [0.2, 0.25) is 0 Å². The summed E-state index contributed by atoms with van der Waals surface area (Å²) < 4.78 is 73.0. The second-order valence-corrected chi connectivity index (χ2v) is 7.11. The molecule has 9 heteroatoms. The molecule has 2 heterocycles. The van der Waals surface area contributed by atoms with Crippen LogP contribution in [0.25, 0.3) is 0 Å². The van der Waals surface area contributed by atoms with Crippen LogP contribution < -0.4 is 4.90 Å². The first kappa shape index (κ1) is 15.6. The normalized spacial score (nSPS) is 21.7. The van der Waals surface area contributed by atoms with Crippen LogP contribution in [0.1, 0.15) is 6.42 Å². The van der Waals surface area contributed by atoms with Crippen LogP contribution in [0.15, 0.2) is 29.2 Å². The number of para-hydroxylation sites is 1. The second-order valence-electron chi connectivity index (χ2n) is 5.20. The minimum atomic E-state index is -5.40. The predicted molar refractivity (Wildman–Crippen MR) is 71.1 cm³/mol. The van der Waals surface area contributed by atoms with Crippen LogP contribution in [0.2, 0.25) is 0 Å². The lowest BCUT2D eigenvalue weighted by Gasteiger charge is -2.25. The van der Waals surface area contributed by atoms with Crippen LogP contribution in [0.3, 0.4) is 0 Å². The second kappa shape index (κ2) is 5.10. The Bertz CT molecular complexity index is 668. The third-order valence-corrected chi connectivity index (χ3v) is 5.34. The number of rotatable bonds is 2. The Morgan fingerprint density at radius 3 is 2.41 bits per heavy atom. The predicted octanol–water partition coefficient (Wildman–Crippen LogP) is 1.93. The molecule has 1 aromatic carbocycles. The molecule has 0 radical (unpaired) electrons. The van der Waals surface area contributed by atoms with Gasteiger partial charge in [-0.1, -0.05) is 12.1 Å². The molecule has 0 saturated carbocycles. The summed E-state index contributed by atoms with van der Waals surface area (Å²) in [6.45, 7) is 1.43. The van der Waals surface area contributed by atoms with Gasteiger partial charge in [-0.25, -0.2) is 8.42 Å². The molecule has 122 valence electrons. The highest BCUT2D eigenvalue weighted by Crippen LogP contribution is 2.39. The highest BCUT2D eigenvalue weighted by Gasteiger charge is 2.50. The molecule has 1 aromatic rings. The van der Waals surface area contributed by atoms with Crippen LogP contribution in [0.4, 0.5) is 18.9 Å².